The second-order valence-electron chi connectivity index (χ2n) is 4.28. The zero-order valence-electron chi connectivity index (χ0n) is 10.0. The van der Waals surface area contributed by atoms with Crippen molar-refractivity contribution < 1.29 is 0 Å². The van der Waals surface area contributed by atoms with E-state index >= 15 is 0 Å². The lowest BCUT2D eigenvalue weighted by Crippen LogP contribution is -1.95. The van der Waals surface area contributed by atoms with Crippen molar-refractivity contribution in [3.63, 3.8) is 0 Å². The van der Waals surface area contributed by atoms with Gasteiger partial charge < -0.3 is 5.73 Å². The van der Waals surface area contributed by atoms with Crippen LogP contribution in [0.4, 0.5) is 0 Å². The first-order valence-electron chi connectivity index (χ1n) is 6.01. The minimum Gasteiger partial charge on any atom is -0.326 e. The van der Waals surface area contributed by atoms with E-state index in [1.807, 2.05) is 36.5 Å². The fraction of sp³-hybridized carbons (Fsp3) is 0.0625. The van der Waals surface area contributed by atoms with Gasteiger partial charge in [-0.3, -0.25) is 4.98 Å². The maximum Gasteiger partial charge on any atom is 0.0708 e. The van der Waals surface area contributed by atoms with Crippen LogP contribution < -0.4 is 5.73 Å². The zero-order chi connectivity index (χ0) is 12.4. The minimum atomic E-state index is 0.566. The number of nitrogens with two attached hydrogens (primary N) is 1. The maximum atomic E-state index is 5.70. The molecule has 0 spiro atoms. The Kier molecular flexibility index (Phi) is 2.79. The molecule has 2 heteroatoms. The fourth-order valence-corrected chi connectivity index (χ4v) is 2.22. The summed E-state index contributed by atoms with van der Waals surface area (Å²) in [6, 6.07) is 18.6. The van der Waals surface area contributed by atoms with Crippen molar-refractivity contribution in [1.29, 1.82) is 0 Å². The summed E-state index contributed by atoms with van der Waals surface area (Å²) in [5.74, 6) is 0. The van der Waals surface area contributed by atoms with Crippen molar-refractivity contribution in [3.8, 4) is 11.1 Å². The number of nitrogens with zero attached hydrogens (tertiary/aromatic N) is 1. The molecule has 0 amide bonds. The number of hydrogen-bond donors (Lipinski definition) is 1. The van der Waals surface area contributed by atoms with Gasteiger partial charge in [-0.15, -0.1) is 0 Å². The average Bonchev–Trinajstić information content (AvgIpc) is 2.47. The van der Waals surface area contributed by atoms with Gasteiger partial charge in [-0.25, -0.2) is 0 Å². The van der Waals surface area contributed by atoms with Crippen molar-refractivity contribution in [3.05, 3.63) is 66.4 Å². The molecule has 0 aliphatic rings. The van der Waals surface area contributed by atoms with Crippen molar-refractivity contribution >= 4 is 10.9 Å². The van der Waals surface area contributed by atoms with Crippen LogP contribution in [0, 0.1) is 0 Å². The standard InChI is InChI=1S/C16H14N2/c17-11-12-4-1-5-13(10-12)14-6-2-8-16-15(14)7-3-9-18-16/h1-10H,11,17H2. The third-order valence-electron chi connectivity index (χ3n) is 3.12. The van der Waals surface area contributed by atoms with Gasteiger partial charge in [-0.05, 0) is 34.9 Å². The molecule has 2 N–H and O–H groups in total. The Balaban J connectivity index is 2.24. The predicted octanol–water partition coefficient (Wildman–Crippen LogP) is 3.36. The van der Waals surface area contributed by atoms with E-state index in [1.54, 1.807) is 0 Å². The van der Waals surface area contributed by atoms with Gasteiger partial charge in [0, 0.05) is 18.1 Å². The Morgan fingerprint density at radius 2 is 1.83 bits per heavy atom. The number of pyridine rings is 1. The van der Waals surface area contributed by atoms with E-state index in [4.69, 9.17) is 5.73 Å². The molecule has 0 radical (unpaired) electrons. The van der Waals surface area contributed by atoms with Crippen molar-refractivity contribution in [1.82, 2.24) is 4.98 Å². The third kappa shape index (κ3) is 1.87. The molecule has 2 aromatic carbocycles. The molecule has 0 aliphatic heterocycles. The molecule has 0 fully saturated rings. The maximum absolute atomic E-state index is 5.70. The Hall–Kier alpha value is -2.19. The summed E-state index contributed by atoms with van der Waals surface area (Å²) in [6.45, 7) is 0.566. The van der Waals surface area contributed by atoms with Crippen LogP contribution in [-0.4, -0.2) is 4.98 Å². The van der Waals surface area contributed by atoms with Gasteiger partial charge >= 0.3 is 0 Å². The van der Waals surface area contributed by atoms with E-state index in [0.29, 0.717) is 6.54 Å². The molecule has 88 valence electrons. The highest BCUT2D eigenvalue weighted by molar-refractivity contribution is 5.94. The lowest BCUT2D eigenvalue weighted by Gasteiger charge is -2.07. The number of hydrogen-bond acceptors (Lipinski definition) is 2. The van der Waals surface area contributed by atoms with Crippen molar-refractivity contribution in [2.75, 3.05) is 0 Å². The molecule has 1 aromatic heterocycles. The molecule has 1 heterocycles. The summed E-state index contributed by atoms with van der Waals surface area (Å²) < 4.78 is 0. The first-order chi connectivity index (χ1) is 8.88. The van der Waals surface area contributed by atoms with E-state index in [0.717, 1.165) is 11.1 Å². The molecule has 0 bridgehead atoms. The molecule has 18 heavy (non-hydrogen) atoms. The second kappa shape index (κ2) is 4.59. The molecule has 3 aromatic rings. The molecule has 0 unspecified atom stereocenters. The van der Waals surface area contributed by atoms with Gasteiger partial charge in [-0.1, -0.05) is 36.4 Å². The van der Waals surface area contributed by atoms with Crippen LogP contribution in [-0.2, 0) is 6.54 Å². The third-order valence-corrected chi connectivity index (χ3v) is 3.12. The van der Waals surface area contributed by atoms with Gasteiger partial charge in [0.2, 0.25) is 0 Å². The van der Waals surface area contributed by atoms with Gasteiger partial charge in [0.25, 0.3) is 0 Å². The highest BCUT2D eigenvalue weighted by Gasteiger charge is 2.04. The monoisotopic (exact) mass is 234 g/mol. The number of benzene rings is 2. The fourth-order valence-electron chi connectivity index (χ4n) is 2.22. The quantitative estimate of drug-likeness (QED) is 0.738. The van der Waals surface area contributed by atoms with E-state index in [-0.39, 0.29) is 0 Å². The van der Waals surface area contributed by atoms with Gasteiger partial charge in [-0.2, -0.15) is 0 Å². The second-order valence-corrected chi connectivity index (χ2v) is 4.28. The van der Waals surface area contributed by atoms with Gasteiger partial charge in [0.05, 0.1) is 5.52 Å². The van der Waals surface area contributed by atoms with Gasteiger partial charge in [0.1, 0.15) is 0 Å². The van der Waals surface area contributed by atoms with E-state index in [2.05, 4.69) is 29.2 Å². The first kappa shape index (κ1) is 10.9. The minimum absolute atomic E-state index is 0.566. The Morgan fingerprint density at radius 3 is 2.72 bits per heavy atom. The summed E-state index contributed by atoms with van der Waals surface area (Å²) in [4.78, 5) is 4.39. The van der Waals surface area contributed by atoms with E-state index in [1.165, 1.54) is 16.5 Å². The molecule has 0 aliphatic carbocycles. The van der Waals surface area contributed by atoms with Crippen molar-refractivity contribution in [2.24, 2.45) is 5.73 Å². The lowest BCUT2D eigenvalue weighted by atomic mass is 9.99. The Bertz CT molecular complexity index is 684. The Morgan fingerprint density at radius 1 is 0.944 bits per heavy atom. The highest BCUT2D eigenvalue weighted by atomic mass is 14.6. The van der Waals surface area contributed by atoms with Crippen LogP contribution in [0.3, 0.4) is 0 Å². The summed E-state index contributed by atoms with van der Waals surface area (Å²) in [6.07, 6.45) is 1.82. The molecule has 0 atom stereocenters. The number of aromatic nitrogens is 1. The molecular weight excluding hydrogens is 220 g/mol. The zero-order valence-corrected chi connectivity index (χ0v) is 10.0. The van der Waals surface area contributed by atoms with E-state index in [9.17, 15) is 0 Å². The molecule has 0 saturated heterocycles. The highest BCUT2D eigenvalue weighted by Crippen LogP contribution is 2.27. The lowest BCUT2D eigenvalue weighted by molar-refractivity contribution is 1.07. The largest absolute Gasteiger partial charge is 0.326 e. The molecule has 0 saturated carbocycles. The van der Waals surface area contributed by atoms with Crippen LogP contribution in [0.1, 0.15) is 5.56 Å². The topological polar surface area (TPSA) is 38.9 Å². The summed E-state index contributed by atoms with van der Waals surface area (Å²) >= 11 is 0. The van der Waals surface area contributed by atoms with Crippen LogP contribution in [0.5, 0.6) is 0 Å². The summed E-state index contributed by atoms with van der Waals surface area (Å²) in [5.41, 5.74) is 10.3. The predicted molar refractivity (Wildman–Crippen MR) is 75.1 cm³/mol. The Labute approximate surface area is 106 Å². The molecular formula is C16H14N2. The first-order valence-corrected chi connectivity index (χ1v) is 6.01. The van der Waals surface area contributed by atoms with Crippen LogP contribution in [0.15, 0.2) is 60.8 Å². The number of rotatable bonds is 2. The molecule has 3 rings (SSSR count). The van der Waals surface area contributed by atoms with Crippen LogP contribution >= 0.6 is 0 Å². The number of fused-ring (bicyclic) bond motifs is 1. The average molecular weight is 234 g/mol. The smallest absolute Gasteiger partial charge is 0.0708 e. The van der Waals surface area contributed by atoms with Crippen LogP contribution in [0.25, 0.3) is 22.0 Å². The van der Waals surface area contributed by atoms with Gasteiger partial charge in [0.15, 0.2) is 0 Å². The SMILES string of the molecule is NCc1cccc(-c2cccc3ncccc23)c1. The summed E-state index contributed by atoms with van der Waals surface area (Å²) in [5, 5.41) is 1.18. The van der Waals surface area contributed by atoms with Crippen molar-refractivity contribution in [2.45, 2.75) is 6.54 Å². The van der Waals surface area contributed by atoms with E-state index < -0.39 is 0 Å². The normalized spacial score (nSPS) is 10.7. The van der Waals surface area contributed by atoms with Crippen LogP contribution in [0.2, 0.25) is 0 Å². The molecule has 2 nitrogen and oxygen atoms in total. The summed E-state index contributed by atoms with van der Waals surface area (Å²) in [7, 11) is 0.